The Kier molecular flexibility index (Phi) is 6.13. The van der Waals surface area contributed by atoms with E-state index in [2.05, 4.69) is 53.5 Å². The van der Waals surface area contributed by atoms with Gasteiger partial charge in [0.25, 0.3) is 0 Å². The van der Waals surface area contributed by atoms with Crippen molar-refractivity contribution in [2.45, 2.75) is 45.3 Å². The fourth-order valence-corrected chi connectivity index (χ4v) is 3.48. The van der Waals surface area contributed by atoms with Crippen molar-refractivity contribution in [3.63, 3.8) is 0 Å². The van der Waals surface area contributed by atoms with Crippen LogP contribution in [0.1, 0.15) is 44.5 Å². The molecule has 0 radical (unpaired) electrons. The second-order valence-electron chi connectivity index (χ2n) is 4.75. The smallest absolute Gasteiger partial charge is 0.0623 e. The summed E-state index contributed by atoms with van der Waals surface area (Å²) in [5.74, 6) is 0. The molecule has 1 unspecified atom stereocenters. The summed E-state index contributed by atoms with van der Waals surface area (Å²) in [5, 5.41) is 5.68. The minimum atomic E-state index is -0.0442. The molecule has 1 aromatic rings. The molecule has 17 heavy (non-hydrogen) atoms. The van der Waals surface area contributed by atoms with Gasteiger partial charge in [0.05, 0.1) is 5.60 Å². The molecule has 98 valence electrons. The van der Waals surface area contributed by atoms with Crippen LogP contribution in [0.5, 0.6) is 0 Å². The molecular weight excluding hydrogens is 298 g/mol. The molecule has 4 heteroatoms. The molecular formula is C13H22BrNOS. The molecule has 0 aliphatic heterocycles. The number of rotatable bonds is 7. The maximum atomic E-state index is 5.48. The fourth-order valence-electron chi connectivity index (χ4n) is 1.72. The quantitative estimate of drug-likeness (QED) is 0.806. The Morgan fingerprint density at radius 1 is 1.53 bits per heavy atom. The van der Waals surface area contributed by atoms with Gasteiger partial charge in [-0.15, -0.1) is 11.3 Å². The SMILES string of the molecule is CCNC(CCC(C)(C)OC)c1sccc1Br. The zero-order valence-corrected chi connectivity index (χ0v) is 13.5. The van der Waals surface area contributed by atoms with Crippen LogP contribution in [0.2, 0.25) is 0 Å². The van der Waals surface area contributed by atoms with Gasteiger partial charge in [0.2, 0.25) is 0 Å². The number of hydrogen-bond donors (Lipinski definition) is 1. The third-order valence-electron chi connectivity index (χ3n) is 3.00. The van der Waals surface area contributed by atoms with Crippen LogP contribution in [0.15, 0.2) is 15.9 Å². The molecule has 2 nitrogen and oxygen atoms in total. The lowest BCUT2D eigenvalue weighted by molar-refractivity contribution is 0.0117. The van der Waals surface area contributed by atoms with E-state index in [1.807, 2.05) is 0 Å². The Labute approximate surface area is 117 Å². The number of methoxy groups -OCH3 is 1. The molecule has 0 aliphatic rings. The zero-order chi connectivity index (χ0) is 12.9. The highest BCUT2D eigenvalue weighted by Crippen LogP contribution is 2.33. The first-order chi connectivity index (χ1) is 8.00. The summed E-state index contributed by atoms with van der Waals surface area (Å²) in [6, 6.07) is 2.54. The molecule has 0 spiro atoms. The summed E-state index contributed by atoms with van der Waals surface area (Å²) in [5.41, 5.74) is -0.0442. The second-order valence-corrected chi connectivity index (χ2v) is 6.55. The number of halogens is 1. The van der Waals surface area contributed by atoms with Crippen molar-refractivity contribution in [2.75, 3.05) is 13.7 Å². The summed E-state index contributed by atoms with van der Waals surface area (Å²) in [4.78, 5) is 1.39. The van der Waals surface area contributed by atoms with Crippen molar-refractivity contribution >= 4 is 27.3 Å². The Morgan fingerprint density at radius 3 is 2.71 bits per heavy atom. The van der Waals surface area contributed by atoms with Gasteiger partial charge in [-0.1, -0.05) is 6.92 Å². The first-order valence-corrected chi connectivity index (χ1v) is 7.69. The Balaban J connectivity index is 2.65. The molecule has 1 aromatic heterocycles. The lowest BCUT2D eigenvalue weighted by Gasteiger charge is -2.26. The Hall–Kier alpha value is 0.100. The predicted molar refractivity (Wildman–Crippen MR) is 78.8 cm³/mol. The van der Waals surface area contributed by atoms with Gasteiger partial charge in [-0.2, -0.15) is 0 Å². The molecule has 0 aromatic carbocycles. The van der Waals surface area contributed by atoms with Gasteiger partial charge in [-0.25, -0.2) is 0 Å². The van der Waals surface area contributed by atoms with Crippen LogP contribution in [-0.2, 0) is 4.74 Å². The van der Waals surface area contributed by atoms with E-state index in [4.69, 9.17) is 4.74 Å². The molecule has 0 aliphatic carbocycles. The lowest BCUT2D eigenvalue weighted by Crippen LogP contribution is -2.27. The highest BCUT2D eigenvalue weighted by Gasteiger charge is 2.21. The first-order valence-electron chi connectivity index (χ1n) is 6.01. The van der Waals surface area contributed by atoms with E-state index in [9.17, 15) is 0 Å². The van der Waals surface area contributed by atoms with Gasteiger partial charge in [0.1, 0.15) is 0 Å². The van der Waals surface area contributed by atoms with Crippen molar-refractivity contribution in [1.29, 1.82) is 0 Å². The van der Waals surface area contributed by atoms with Crippen LogP contribution in [0.3, 0.4) is 0 Å². The van der Waals surface area contributed by atoms with Crippen molar-refractivity contribution in [3.8, 4) is 0 Å². The van der Waals surface area contributed by atoms with E-state index in [1.54, 1.807) is 18.4 Å². The highest BCUT2D eigenvalue weighted by atomic mass is 79.9. The second kappa shape index (κ2) is 6.88. The average Bonchev–Trinajstić information content (AvgIpc) is 2.71. The molecule has 0 fully saturated rings. The molecule has 0 bridgehead atoms. The van der Waals surface area contributed by atoms with E-state index < -0.39 is 0 Å². The van der Waals surface area contributed by atoms with E-state index >= 15 is 0 Å². The maximum Gasteiger partial charge on any atom is 0.0623 e. The molecule has 1 atom stereocenters. The van der Waals surface area contributed by atoms with Crippen LogP contribution in [0.25, 0.3) is 0 Å². The zero-order valence-electron chi connectivity index (χ0n) is 11.0. The standard InChI is InChI=1S/C13H22BrNOS/c1-5-15-11(6-8-13(2,3)16-4)12-10(14)7-9-17-12/h7,9,11,15H,5-6,8H2,1-4H3. The lowest BCUT2D eigenvalue weighted by atomic mass is 9.98. The molecule has 0 saturated heterocycles. The Morgan fingerprint density at radius 2 is 2.24 bits per heavy atom. The van der Waals surface area contributed by atoms with Crippen molar-refractivity contribution in [2.24, 2.45) is 0 Å². The minimum absolute atomic E-state index is 0.0442. The van der Waals surface area contributed by atoms with Gasteiger partial charge >= 0.3 is 0 Å². The molecule has 1 N–H and O–H groups in total. The van der Waals surface area contributed by atoms with E-state index in [0.29, 0.717) is 6.04 Å². The number of thiophene rings is 1. The number of ether oxygens (including phenoxy) is 1. The summed E-state index contributed by atoms with van der Waals surface area (Å²) in [7, 11) is 1.78. The first kappa shape index (κ1) is 15.2. The summed E-state index contributed by atoms with van der Waals surface area (Å²) in [6.45, 7) is 7.41. The van der Waals surface area contributed by atoms with Crippen molar-refractivity contribution in [3.05, 3.63) is 20.8 Å². The normalized spacial score (nSPS) is 13.9. The van der Waals surface area contributed by atoms with E-state index in [0.717, 1.165) is 19.4 Å². The van der Waals surface area contributed by atoms with Crippen LogP contribution in [-0.4, -0.2) is 19.3 Å². The highest BCUT2D eigenvalue weighted by molar-refractivity contribution is 9.10. The van der Waals surface area contributed by atoms with Crippen LogP contribution >= 0.6 is 27.3 Å². The predicted octanol–water partition coefficient (Wildman–Crippen LogP) is 4.37. The monoisotopic (exact) mass is 319 g/mol. The van der Waals surface area contributed by atoms with Gasteiger partial charge in [-0.3, -0.25) is 0 Å². The molecule has 0 amide bonds. The van der Waals surface area contributed by atoms with Gasteiger partial charge in [0.15, 0.2) is 0 Å². The third-order valence-corrected chi connectivity index (χ3v) is 4.98. The van der Waals surface area contributed by atoms with Crippen LogP contribution in [0, 0.1) is 0 Å². The minimum Gasteiger partial charge on any atom is -0.379 e. The van der Waals surface area contributed by atoms with Crippen LogP contribution in [0.4, 0.5) is 0 Å². The molecule has 1 heterocycles. The van der Waals surface area contributed by atoms with Gasteiger partial charge in [0, 0.05) is 22.5 Å². The maximum absolute atomic E-state index is 5.48. The van der Waals surface area contributed by atoms with Gasteiger partial charge < -0.3 is 10.1 Å². The largest absolute Gasteiger partial charge is 0.379 e. The van der Waals surface area contributed by atoms with Crippen LogP contribution < -0.4 is 5.32 Å². The van der Waals surface area contributed by atoms with E-state index in [-0.39, 0.29) is 5.60 Å². The number of nitrogens with one attached hydrogen (secondary N) is 1. The van der Waals surface area contributed by atoms with Crippen molar-refractivity contribution < 1.29 is 4.74 Å². The van der Waals surface area contributed by atoms with Crippen molar-refractivity contribution in [1.82, 2.24) is 5.32 Å². The third kappa shape index (κ3) is 4.70. The Bertz CT molecular complexity index is 338. The summed E-state index contributed by atoms with van der Waals surface area (Å²) < 4.78 is 6.69. The summed E-state index contributed by atoms with van der Waals surface area (Å²) >= 11 is 5.42. The average molecular weight is 320 g/mol. The summed E-state index contributed by atoms with van der Waals surface area (Å²) in [6.07, 6.45) is 2.14. The molecule has 1 rings (SSSR count). The van der Waals surface area contributed by atoms with Gasteiger partial charge in [-0.05, 0) is 60.6 Å². The molecule has 0 saturated carbocycles. The topological polar surface area (TPSA) is 21.3 Å². The number of hydrogen-bond acceptors (Lipinski definition) is 3. The fraction of sp³-hybridized carbons (Fsp3) is 0.692. The van der Waals surface area contributed by atoms with E-state index in [1.165, 1.54) is 9.35 Å².